The maximum Gasteiger partial charge on any atom is 0.191 e. The maximum absolute atomic E-state index is 4.55. The molecule has 0 aliphatic carbocycles. The lowest BCUT2D eigenvalue weighted by Crippen LogP contribution is -2.39. The number of likely N-dealkylation sites (tertiary alicyclic amines) is 1. The van der Waals surface area contributed by atoms with Gasteiger partial charge in [0.2, 0.25) is 0 Å². The summed E-state index contributed by atoms with van der Waals surface area (Å²) in [6.45, 7) is 11.9. The Morgan fingerprint density at radius 1 is 1.29 bits per heavy atom. The number of thiazole rings is 1. The zero-order valence-electron chi connectivity index (χ0n) is 15.4. The molecule has 2 heterocycles. The van der Waals surface area contributed by atoms with Gasteiger partial charge in [-0.1, -0.05) is 6.92 Å². The standard InChI is InChI=1S/C17H31N5S.HI/c1-13-6-10-22(11-7-13)9-5-8-19-17(18-4)20-12-16-21-14(2)15(3)23-16;/h13H,5-12H2,1-4H3,(H2,18,19,20);1H. The Morgan fingerprint density at radius 2 is 2.00 bits per heavy atom. The van der Waals surface area contributed by atoms with E-state index >= 15 is 0 Å². The van der Waals surface area contributed by atoms with Crippen molar-refractivity contribution in [1.29, 1.82) is 0 Å². The zero-order valence-corrected chi connectivity index (χ0v) is 18.5. The van der Waals surface area contributed by atoms with Crippen molar-refractivity contribution in [2.45, 2.75) is 46.6 Å². The van der Waals surface area contributed by atoms with Crippen molar-refractivity contribution >= 4 is 41.3 Å². The minimum absolute atomic E-state index is 0. The van der Waals surface area contributed by atoms with Gasteiger partial charge >= 0.3 is 0 Å². The summed E-state index contributed by atoms with van der Waals surface area (Å²) in [7, 11) is 1.82. The van der Waals surface area contributed by atoms with E-state index in [-0.39, 0.29) is 24.0 Å². The molecule has 1 aromatic rings. The molecule has 0 saturated carbocycles. The second kappa shape index (κ2) is 11.3. The topological polar surface area (TPSA) is 52.6 Å². The van der Waals surface area contributed by atoms with Crippen LogP contribution in [-0.2, 0) is 6.54 Å². The summed E-state index contributed by atoms with van der Waals surface area (Å²) in [5.74, 6) is 1.77. The first kappa shape index (κ1) is 21.6. The molecular weight excluding hydrogens is 433 g/mol. The number of rotatable bonds is 6. The highest BCUT2D eigenvalue weighted by Gasteiger charge is 2.14. The summed E-state index contributed by atoms with van der Waals surface area (Å²) >= 11 is 1.75. The Bertz CT molecular complexity index is 490. The monoisotopic (exact) mass is 465 g/mol. The number of aliphatic imine (C=N–C) groups is 1. The minimum atomic E-state index is 0. The highest BCUT2D eigenvalue weighted by atomic mass is 127. The third kappa shape index (κ3) is 7.23. The molecule has 5 nitrogen and oxygen atoms in total. The van der Waals surface area contributed by atoms with Crippen LogP contribution in [0.15, 0.2) is 4.99 Å². The molecule has 1 saturated heterocycles. The van der Waals surface area contributed by atoms with E-state index in [9.17, 15) is 0 Å². The van der Waals surface area contributed by atoms with Gasteiger partial charge in [0.25, 0.3) is 0 Å². The van der Waals surface area contributed by atoms with Gasteiger partial charge in [0, 0.05) is 18.5 Å². The lowest BCUT2D eigenvalue weighted by atomic mass is 9.99. The minimum Gasteiger partial charge on any atom is -0.356 e. The van der Waals surface area contributed by atoms with Crippen LogP contribution in [0, 0.1) is 19.8 Å². The van der Waals surface area contributed by atoms with Gasteiger partial charge in [-0.25, -0.2) is 4.98 Å². The highest BCUT2D eigenvalue weighted by Crippen LogP contribution is 2.16. The van der Waals surface area contributed by atoms with Gasteiger partial charge in [-0.2, -0.15) is 0 Å². The molecular formula is C17H32IN5S. The van der Waals surface area contributed by atoms with E-state index in [1.54, 1.807) is 11.3 Å². The molecule has 0 radical (unpaired) electrons. The average molecular weight is 465 g/mol. The molecule has 0 aromatic carbocycles. The molecule has 0 unspecified atom stereocenters. The molecule has 2 N–H and O–H groups in total. The van der Waals surface area contributed by atoms with Gasteiger partial charge in [-0.3, -0.25) is 4.99 Å². The van der Waals surface area contributed by atoms with Gasteiger partial charge < -0.3 is 15.5 Å². The van der Waals surface area contributed by atoms with Gasteiger partial charge in [0.15, 0.2) is 5.96 Å². The highest BCUT2D eigenvalue weighted by molar-refractivity contribution is 14.0. The van der Waals surface area contributed by atoms with Crippen molar-refractivity contribution in [3.63, 3.8) is 0 Å². The van der Waals surface area contributed by atoms with Gasteiger partial charge in [0.1, 0.15) is 5.01 Å². The Balaban J connectivity index is 0.00000288. The first-order valence-corrected chi connectivity index (χ1v) is 9.50. The average Bonchev–Trinajstić information content (AvgIpc) is 2.87. The van der Waals surface area contributed by atoms with Crippen LogP contribution in [0.5, 0.6) is 0 Å². The van der Waals surface area contributed by atoms with Crippen molar-refractivity contribution < 1.29 is 0 Å². The normalized spacial score (nSPS) is 16.8. The summed E-state index contributed by atoms with van der Waals surface area (Å²) in [6.07, 6.45) is 3.86. The summed E-state index contributed by atoms with van der Waals surface area (Å²) < 4.78 is 0. The Morgan fingerprint density at radius 3 is 2.58 bits per heavy atom. The maximum atomic E-state index is 4.55. The number of hydrogen-bond acceptors (Lipinski definition) is 4. The Labute approximate surface area is 167 Å². The second-order valence-corrected chi connectivity index (χ2v) is 7.77. The molecule has 138 valence electrons. The molecule has 1 aromatic heterocycles. The molecule has 2 rings (SSSR count). The second-order valence-electron chi connectivity index (χ2n) is 6.48. The number of nitrogens with zero attached hydrogens (tertiary/aromatic N) is 3. The first-order chi connectivity index (χ1) is 11.1. The molecule has 0 spiro atoms. The number of halogens is 1. The largest absolute Gasteiger partial charge is 0.356 e. The predicted molar refractivity (Wildman–Crippen MR) is 115 cm³/mol. The summed E-state index contributed by atoms with van der Waals surface area (Å²) in [4.78, 5) is 12.7. The fourth-order valence-electron chi connectivity index (χ4n) is 2.79. The van der Waals surface area contributed by atoms with E-state index in [0.29, 0.717) is 0 Å². The molecule has 1 aliphatic heterocycles. The van der Waals surface area contributed by atoms with Crippen LogP contribution in [0.3, 0.4) is 0 Å². The smallest absolute Gasteiger partial charge is 0.191 e. The Kier molecular flexibility index (Phi) is 10.1. The number of aryl methyl sites for hydroxylation is 2. The third-order valence-electron chi connectivity index (χ3n) is 4.52. The van der Waals surface area contributed by atoms with Gasteiger partial charge in [0.05, 0.1) is 12.2 Å². The third-order valence-corrected chi connectivity index (χ3v) is 5.60. The van der Waals surface area contributed by atoms with Crippen molar-refractivity contribution in [3.05, 3.63) is 15.6 Å². The van der Waals surface area contributed by atoms with Crippen molar-refractivity contribution in [2.24, 2.45) is 10.9 Å². The van der Waals surface area contributed by atoms with E-state index in [1.807, 2.05) is 7.05 Å². The lowest BCUT2D eigenvalue weighted by Gasteiger charge is -2.30. The van der Waals surface area contributed by atoms with Crippen molar-refractivity contribution in [1.82, 2.24) is 20.5 Å². The summed E-state index contributed by atoms with van der Waals surface area (Å²) in [5, 5.41) is 7.86. The molecule has 24 heavy (non-hydrogen) atoms. The fraction of sp³-hybridized carbons (Fsp3) is 0.765. The zero-order chi connectivity index (χ0) is 16.7. The van der Waals surface area contributed by atoms with E-state index in [4.69, 9.17) is 0 Å². The van der Waals surface area contributed by atoms with Gasteiger partial charge in [-0.15, -0.1) is 35.3 Å². The van der Waals surface area contributed by atoms with Crippen LogP contribution in [0.4, 0.5) is 0 Å². The van der Waals surface area contributed by atoms with Crippen LogP contribution in [0.2, 0.25) is 0 Å². The summed E-state index contributed by atoms with van der Waals surface area (Å²) in [6, 6.07) is 0. The van der Waals surface area contributed by atoms with E-state index in [0.717, 1.165) is 42.1 Å². The quantitative estimate of drug-likeness (QED) is 0.293. The van der Waals surface area contributed by atoms with Crippen LogP contribution >= 0.6 is 35.3 Å². The van der Waals surface area contributed by atoms with Crippen LogP contribution in [-0.4, -0.2) is 49.1 Å². The molecule has 1 fully saturated rings. The number of nitrogens with one attached hydrogen (secondary N) is 2. The SMILES string of the molecule is CN=C(NCCCN1CCC(C)CC1)NCc1nc(C)c(C)s1.I. The van der Waals surface area contributed by atoms with Crippen LogP contribution in [0.1, 0.15) is 41.8 Å². The molecule has 7 heteroatoms. The molecule has 1 aliphatic rings. The van der Waals surface area contributed by atoms with Crippen molar-refractivity contribution in [2.75, 3.05) is 33.2 Å². The first-order valence-electron chi connectivity index (χ1n) is 8.68. The fourth-order valence-corrected chi connectivity index (χ4v) is 3.66. The number of aromatic nitrogens is 1. The summed E-state index contributed by atoms with van der Waals surface area (Å²) in [5.41, 5.74) is 1.13. The molecule has 0 atom stereocenters. The van der Waals surface area contributed by atoms with Crippen LogP contribution in [0.25, 0.3) is 0 Å². The van der Waals surface area contributed by atoms with Crippen LogP contribution < -0.4 is 10.6 Å². The molecule has 0 amide bonds. The van der Waals surface area contributed by atoms with Gasteiger partial charge in [-0.05, 0) is 58.7 Å². The Hall–Kier alpha value is -0.410. The van der Waals surface area contributed by atoms with E-state index in [1.165, 1.54) is 37.4 Å². The number of hydrogen-bond donors (Lipinski definition) is 2. The number of guanidine groups is 1. The molecule has 0 bridgehead atoms. The lowest BCUT2D eigenvalue weighted by molar-refractivity contribution is 0.191. The van der Waals surface area contributed by atoms with Crippen molar-refractivity contribution in [3.8, 4) is 0 Å². The number of piperidine rings is 1. The van der Waals surface area contributed by atoms with E-state index < -0.39 is 0 Å². The van der Waals surface area contributed by atoms with E-state index in [2.05, 4.69) is 46.3 Å². The predicted octanol–water partition coefficient (Wildman–Crippen LogP) is 3.16.